The van der Waals surface area contributed by atoms with Crippen LogP contribution in [0.25, 0.3) is 0 Å². The van der Waals surface area contributed by atoms with Gasteiger partial charge >= 0.3 is 0 Å². The summed E-state index contributed by atoms with van der Waals surface area (Å²) < 4.78 is 18.8. The van der Waals surface area contributed by atoms with Gasteiger partial charge in [-0.25, -0.2) is 4.39 Å². The number of carbonyl (C=O) groups excluding carboxylic acids is 1. The summed E-state index contributed by atoms with van der Waals surface area (Å²) >= 11 is 0. The van der Waals surface area contributed by atoms with Gasteiger partial charge in [0.1, 0.15) is 11.9 Å². The number of primary amides is 1. The average molecular weight is 308 g/mol. The van der Waals surface area contributed by atoms with Crippen LogP contribution >= 0.6 is 0 Å². The van der Waals surface area contributed by atoms with E-state index in [0.717, 1.165) is 6.42 Å². The fourth-order valence-electron chi connectivity index (χ4n) is 2.98. The predicted molar refractivity (Wildman–Crippen MR) is 83.7 cm³/mol. The van der Waals surface area contributed by atoms with Crippen LogP contribution in [0.5, 0.6) is 0 Å². The van der Waals surface area contributed by atoms with Crippen molar-refractivity contribution in [3.05, 3.63) is 35.6 Å². The van der Waals surface area contributed by atoms with Gasteiger partial charge < -0.3 is 10.5 Å². The molecule has 0 aliphatic heterocycles. The van der Waals surface area contributed by atoms with E-state index >= 15 is 0 Å². The zero-order valence-corrected chi connectivity index (χ0v) is 13.1. The van der Waals surface area contributed by atoms with Gasteiger partial charge in [0.15, 0.2) is 0 Å². The summed E-state index contributed by atoms with van der Waals surface area (Å²) in [5.41, 5.74) is 6.08. The minimum absolute atomic E-state index is 0.313. The standard InChI is InChI=1S/C17H25FN2O2/c1-12-4-2-3-5-15(12)22-11-10-20-16(17(19)21)13-6-8-14(18)9-7-13/h6-9,12,15-16,20H,2-5,10-11H2,1H3,(H2,19,21)/t12-,15+,16-/m1/s1. The van der Waals surface area contributed by atoms with Gasteiger partial charge in [0.05, 0.1) is 12.7 Å². The lowest BCUT2D eigenvalue weighted by Gasteiger charge is -2.29. The second kappa shape index (κ2) is 8.25. The minimum Gasteiger partial charge on any atom is -0.377 e. The first-order valence-corrected chi connectivity index (χ1v) is 7.97. The number of hydrogen-bond donors (Lipinski definition) is 2. The number of rotatable bonds is 7. The molecule has 0 spiro atoms. The van der Waals surface area contributed by atoms with E-state index in [9.17, 15) is 9.18 Å². The minimum atomic E-state index is -0.618. The molecule has 0 radical (unpaired) electrons. The van der Waals surface area contributed by atoms with Gasteiger partial charge in [0, 0.05) is 6.54 Å². The normalized spacial score (nSPS) is 23.2. The number of hydrogen-bond acceptors (Lipinski definition) is 3. The maximum Gasteiger partial charge on any atom is 0.239 e. The molecule has 1 amide bonds. The van der Waals surface area contributed by atoms with Crippen molar-refractivity contribution in [1.82, 2.24) is 5.32 Å². The Morgan fingerprint density at radius 2 is 2.05 bits per heavy atom. The molecule has 0 unspecified atom stereocenters. The van der Waals surface area contributed by atoms with E-state index in [-0.39, 0.29) is 5.82 Å². The smallest absolute Gasteiger partial charge is 0.239 e. The van der Waals surface area contributed by atoms with E-state index in [0.29, 0.717) is 30.7 Å². The van der Waals surface area contributed by atoms with Gasteiger partial charge in [-0.1, -0.05) is 31.9 Å². The number of ether oxygens (including phenoxy) is 1. The van der Waals surface area contributed by atoms with Crippen molar-refractivity contribution in [2.24, 2.45) is 11.7 Å². The molecule has 4 nitrogen and oxygen atoms in total. The van der Waals surface area contributed by atoms with E-state index in [1.807, 2.05) is 0 Å². The van der Waals surface area contributed by atoms with Crippen LogP contribution in [0, 0.1) is 11.7 Å². The first-order valence-electron chi connectivity index (χ1n) is 7.97. The van der Waals surface area contributed by atoms with E-state index in [1.165, 1.54) is 31.4 Å². The number of nitrogens with one attached hydrogen (secondary N) is 1. The molecule has 1 saturated carbocycles. The third kappa shape index (κ3) is 4.78. The Morgan fingerprint density at radius 3 is 2.68 bits per heavy atom. The SMILES string of the molecule is C[C@@H]1CCCC[C@@H]1OCCN[C@@H](C(N)=O)c1ccc(F)cc1. The van der Waals surface area contributed by atoms with Gasteiger partial charge in [0.2, 0.25) is 5.91 Å². The van der Waals surface area contributed by atoms with Crippen molar-refractivity contribution >= 4 is 5.91 Å². The highest BCUT2D eigenvalue weighted by molar-refractivity contribution is 5.81. The fraction of sp³-hybridized carbons (Fsp3) is 0.588. The molecule has 3 N–H and O–H groups in total. The van der Waals surface area contributed by atoms with Crippen molar-refractivity contribution in [3.63, 3.8) is 0 Å². The molecule has 0 bridgehead atoms. The molecule has 0 heterocycles. The number of amides is 1. The molecule has 1 fully saturated rings. The summed E-state index contributed by atoms with van der Waals surface area (Å²) in [6.07, 6.45) is 5.15. The second-order valence-corrected chi connectivity index (χ2v) is 6.01. The molecular weight excluding hydrogens is 283 g/mol. The van der Waals surface area contributed by atoms with Gasteiger partial charge in [-0.3, -0.25) is 10.1 Å². The largest absolute Gasteiger partial charge is 0.377 e. The summed E-state index contributed by atoms with van der Waals surface area (Å²) in [6.45, 7) is 3.30. The molecule has 0 saturated heterocycles. The summed E-state index contributed by atoms with van der Waals surface area (Å²) in [5, 5.41) is 3.09. The summed E-state index contributed by atoms with van der Waals surface area (Å²) in [7, 11) is 0. The molecule has 122 valence electrons. The molecule has 1 aliphatic carbocycles. The molecule has 3 atom stereocenters. The van der Waals surface area contributed by atoms with Crippen molar-refractivity contribution in [2.75, 3.05) is 13.2 Å². The highest BCUT2D eigenvalue weighted by Gasteiger charge is 2.22. The van der Waals surface area contributed by atoms with Crippen LogP contribution in [-0.4, -0.2) is 25.2 Å². The topological polar surface area (TPSA) is 64.3 Å². The van der Waals surface area contributed by atoms with E-state index in [1.54, 1.807) is 12.1 Å². The Hall–Kier alpha value is -1.46. The third-order valence-corrected chi connectivity index (χ3v) is 4.30. The molecule has 0 aromatic heterocycles. The third-order valence-electron chi connectivity index (χ3n) is 4.30. The zero-order valence-electron chi connectivity index (χ0n) is 13.1. The highest BCUT2D eigenvalue weighted by Crippen LogP contribution is 2.26. The van der Waals surface area contributed by atoms with Crippen molar-refractivity contribution in [3.8, 4) is 0 Å². The summed E-state index contributed by atoms with van der Waals surface area (Å²) in [6, 6.07) is 5.18. The monoisotopic (exact) mass is 308 g/mol. The molecule has 1 aromatic carbocycles. The van der Waals surface area contributed by atoms with Crippen molar-refractivity contribution in [2.45, 2.75) is 44.8 Å². The van der Waals surface area contributed by atoms with Gasteiger partial charge in [-0.05, 0) is 36.5 Å². The number of benzene rings is 1. The van der Waals surface area contributed by atoms with Crippen molar-refractivity contribution in [1.29, 1.82) is 0 Å². The average Bonchev–Trinajstić information content (AvgIpc) is 2.50. The molecule has 5 heteroatoms. The van der Waals surface area contributed by atoms with E-state index < -0.39 is 11.9 Å². The molecule has 2 rings (SSSR count). The van der Waals surface area contributed by atoms with Gasteiger partial charge in [-0.15, -0.1) is 0 Å². The zero-order chi connectivity index (χ0) is 15.9. The number of halogens is 1. The Labute approximate surface area is 131 Å². The van der Waals surface area contributed by atoms with Crippen LogP contribution in [0.4, 0.5) is 4.39 Å². The predicted octanol–water partition coefficient (Wildman–Crippen LogP) is 2.54. The second-order valence-electron chi connectivity index (χ2n) is 6.01. The Morgan fingerprint density at radius 1 is 1.36 bits per heavy atom. The molecule has 1 aromatic rings. The first kappa shape index (κ1) is 16.9. The van der Waals surface area contributed by atoms with E-state index in [2.05, 4.69) is 12.2 Å². The lowest BCUT2D eigenvalue weighted by molar-refractivity contribution is -0.120. The van der Waals surface area contributed by atoms with Crippen LogP contribution < -0.4 is 11.1 Å². The van der Waals surface area contributed by atoms with E-state index in [4.69, 9.17) is 10.5 Å². The Bertz CT molecular complexity index is 478. The maximum atomic E-state index is 12.9. The lowest BCUT2D eigenvalue weighted by atomic mass is 9.88. The van der Waals surface area contributed by atoms with Gasteiger partial charge in [-0.2, -0.15) is 0 Å². The van der Waals surface area contributed by atoms with Crippen LogP contribution in [-0.2, 0) is 9.53 Å². The number of nitrogens with two attached hydrogens (primary N) is 1. The Kier molecular flexibility index (Phi) is 6.34. The molecule has 1 aliphatic rings. The van der Waals surface area contributed by atoms with Crippen LogP contribution in [0.3, 0.4) is 0 Å². The quantitative estimate of drug-likeness (QED) is 0.761. The van der Waals surface area contributed by atoms with Crippen molar-refractivity contribution < 1.29 is 13.9 Å². The van der Waals surface area contributed by atoms with Crippen LogP contribution in [0.2, 0.25) is 0 Å². The Balaban J connectivity index is 1.79. The van der Waals surface area contributed by atoms with Crippen LogP contribution in [0.1, 0.15) is 44.2 Å². The van der Waals surface area contributed by atoms with Crippen LogP contribution in [0.15, 0.2) is 24.3 Å². The summed E-state index contributed by atoms with van der Waals surface area (Å²) in [5.74, 6) is -0.211. The highest BCUT2D eigenvalue weighted by atomic mass is 19.1. The first-order chi connectivity index (χ1) is 10.6. The number of carbonyl (C=O) groups is 1. The maximum absolute atomic E-state index is 12.9. The fourth-order valence-corrected chi connectivity index (χ4v) is 2.98. The molecule has 22 heavy (non-hydrogen) atoms. The van der Waals surface area contributed by atoms with Gasteiger partial charge in [0.25, 0.3) is 0 Å². The molecular formula is C17H25FN2O2. The summed E-state index contributed by atoms with van der Waals surface area (Å²) in [4.78, 5) is 11.6. The lowest BCUT2D eigenvalue weighted by Crippen LogP contribution is -2.36.